The fourth-order valence-electron chi connectivity index (χ4n) is 0.256. The standard InChI is InChI=1S/C4H9ClN2O/c1-2-3(5)7-4(6)8/h3H,2H2,1H3,(H3,6,7,8). The Morgan fingerprint density at radius 2 is 2.50 bits per heavy atom. The maximum absolute atomic E-state index is 10.00. The van der Waals surface area contributed by atoms with E-state index in [0.29, 0.717) is 6.42 Å². The summed E-state index contributed by atoms with van der Waals surface area (Å²) in [6, 6.07) is -0.577. The summed E-state index contributed by atoms with van der Waals surface area (Å²) in [5.74, 6) is 0. The Labute approximate surface area is 53.2 Å². The molecule has 48 valence electrons. The molecule has 0 saturated carbocycles. The lowest BCUT2D eigenvalue weighted by molar-refractivity contribution is 0.248. The lowest BCUT2D eigenvalue weighted by Crippen LogP contribution is -2.34. The number of primary amides is 1. The van der Waals surface area contributed by atoms with Crippen molar-refractivity contribution in [1.82, 2.24) is 5.32 Å². The molecule has 0 aliphatic heterocycles. The van der Waals surface area contributed by atoms with Gasteiger partial charge in [0.1, 0.15) is 5.50 Å². The predicted molar refractivity (Wildman–Crippen MR) is 32.7 cm³/mol. The first-order chi connectivity index (χ1) is 3.66. The van der Waals surface area contributed by atoms with E-state index in [0.717, 1.165) is 0 Å². The van der Waals surface area contributed by atoms with Crippen LogP contribution in [0, 0.1) is 0 Å². The van der Waals surface area contributed by atoms with Crippen LogP contribution in [-0.2, 0) is 0 Å². The minimum atomic E-state index is -0.577. The number of rotatable bonds is 2. The van der Waals surface area contributed by atoms with Crippen molar-refractivity contribution in [3.63, 3.8) is 0 Å². The van der Waals surface area contributed by atoms with E-state index in [1.165, 1.54) is 0 Å². The van der Waals surface area contributed by atoms with Crippen LogP contribution < -0.4 is 11.1 Å². The molecule has 3 nitrogen and oxygen atoms in total. The van der Waals surface area contributed by atoms with E-state index in [1.807, 2.05) is 6.92 Å². The van der Waals surface area contributed by atoms with Crippen LogP contribution in [0.4, 0.5) is 4.79 Å². The van der Waals surface area contributed by atoms with Crippen molar-refractivity contribution in [1.29, 1.82) is 0 Å². The zero-order valence-electron chi connectivity index (χ0n) is 4.65. The maximum Gasteiger partial charge on any atom is 0.313 e. The van der Waals surface area contributed by atoms with Crippen LogP contribution in [0.3, 0.4) is 0 Å². The molecule has 0 heterocycles. The molecule has 3 N–H and O–H groups in total. The van der Waals surface area contributed by atoms with Crippen molar-refractivity contribution in [2.75, 3.05) is 0 Å². The third-order valence-corrected chi connectivity index (χ3v) is 1.08. The summed E-state index contributed by atoms with van der Waals surface area (Å²) >= 11 is 5.45. The Balaban J connectivity index is 3.24. The summed E-state index contributed by atoms with van der Waals surface area (Å²) < 4.78 is 0. The lowest BCUT2D eigenvalue weighted by atomic mass is 10.5. The number of hydrogen-bond donors (Lipinski definition) is 2. The number of carbonyl (C=O) groups excluding carboxylic acids is 1. The van der Waals surface area contributed by atoms with Gasteiger partial charge in [-0.25, -0.2) is 4.79 Å². The second-order valence-corrected chi connectivity index (χ2v) is 1.91. The molecule has 8 heavy (non-hydrogen) atoms. The quantitative estimate of drug-likeness (QED) is 0.425. The highest BCUT2D eigenvalue weighted by atomic mass is 35.5. The first kappa shape index (κ1) is 7.56. The van der Waals surface area contributed by atoms with Gasteiger partial charge in [0, 0.05) is 0 Å². The van der Waals surface area contributed by atoms with E-state index in [9.17, 15) is 4.79 Å². The molecule has 0 aliphatic carbocycles. The molecule has 2 amide bonds. The summed E-state index contributed by atoms with van der Waals surface area (Å²) in [6.45, 7) is 1.85. The van der Waals surface area contributed by atoms with Gasteiger partial charge in [-0.15, -0.1) is 0 Å². The molecule has 1 atom stereocenters. The third kappa shape index (κ3) is 3.74. The third-order valence-electron chi connectivity index (χ3n) is 0.657. The van der Waals surface area contributed by atoms with Crippen LogP contribution in [0.2, 0.25) is 0 Å². The van der Waals surface area contributed by atoms with Gasteiger partial charge in [-0.3, -0.25) is 0 Å². The second kappa shape index (κ2) is 3.55. The summed E-state index contributed by atoms with van der Waals surface area (Å²) in [4.78, 5) is 10.00. The number of urea groups is 1. The number of carbonyl (C=O) groups is 1. The van der Waals surface area contributed by atoms with E-state index in [2.05, 4.69) is 5.32 Å². The number of nitrogens with one attached hydrogen (secondary N) is 1. The van der Waals surface area contributed by atoms with Crippen molar-refractivity contribution >= 4 is 17.6 Å². The van der Waals surface area contributed by atoms with Gasteiger partial charge < -0.3 is 11.1 Å². The van der Waals surface area contributed by atoms with Gasteiger partial charge >= 0.3 is 6.03 Å². The Kier molecular flexibility index (Phi) is 3.35. The Morgan fingerprint density at radius 1 is 2.00 bits per heavy atom. The molecule has 0 radical (unpaired) electrons. The van der Waals surface area contributed by atoms with E-state index in [-0.39, 0.29) is 5.50 Å². The van der Waals surface area contributed by atoms with Crippen molar-refractivity contribution in [3.05, 3.63) is 0 Å². The number of hydrogen-bond acceptors (Lipinski definition) is 1. The summed E-state index contributed by atoms with van der Waals surface area (Å²) in [5, 5.41) is 2.30. The zero-order valence-corrected chi connectivity index (χ0v) is 5.40. The SMILES string of the molecule is CCC(Cl)NC(N)=O. The van der Waals surface area contributed by atoms with Crippen molar-refractivity contribution in [3.8, 4) is 0 Å². The van der Waals surface area contributed by atoms with Crippen LogP contribution in [0.15, 0.2) is 0 Å². The summed E-state index contributed by atoms with van der Waals surface area (Å²) in [5.41, 5.74) is 4.41. The molecule has 0 fully saturated rings. The van der Waals surface area contributed by atoms with Crippen LogP contribution in [0.25, 0.3) is 0 Å². The van der Waals surface area contributed by atoms with Crippen molar-refractivity contribution in [2.45, 2.75) is 18.8 Å². The van der Waals surface area contributed by atoms with E-state index >= 15 is 0 Å². The van der Waals surface area contributed by atoms with Gasteiger partial charge in [-0.2, -0.15) is 0 Å². The van der Waals surface area contributed by atoms with Crippen molar-refractivity contribution in [2.24, 2.45) is 5.73 Å². The van der Waals surface area contributed by atoms with Crippen LogP contribution in [-0.4, -0.2) is 11.5 Å². The van der Waals surface area contributed by atoms with E-state index < -0.39 is 6.03 Å². The normalized spacial score (nSPS) is 12.8. The Bertz CT molecular complexity index is 86.1. The second-order valence-electron chi connectivity index (χ2n) is 1.38. The molecule has 0 aromatic carbocycles. The maximum atomic E-state index is 10.00. The smallest absolute Gasteiger partial charge is 0.313 e. The molecular formula is C4H9ClN2O. The number of halogens is 1. The first-order valence-corrected chi connectivity index (χ1v) is 2.80. The fourth-order valence-corrected chi connectivity index (χ4v) is 0.364. The topological polar surface area (TPSA) is 55.1 Å². The van der Waals surface area contributed by atoms with E-state index in [1.54, 1.807) is 0 Å². The largest absolute Gasteiger partial charge is 0.352 e. The molecule has 0 aliphatic rings. The van der Waals surface area contributed by atoms with Crippen molar-refractivity contribution < 1.29 is 4.79 Å². The molecule has 4 heteroatoms. The lowest BCUT2D eigenvalue weighted by Gasteiger charge is -2.04. The Hall–Kier alpha value is -0.440. The molecule has 0 aromatic heterocycles. The highest BCUT2D eigenvalue weighted by Crippen LogP contribution is 1.93. The van der Waals surface area contributed by atoms with Gasteiger partial charge in [0.2, 0.25) is 0 Å². The monoisotopic (exact) mass is 136 g/mol. The molecule has 0 aromatic rings. The van der Waals surface area contributed by atoms with Gasteiger partial charge in [-0.05, 0) is 6.42 Å². The fraction of sp³-hybridized carbons (Fsp3) is 0.750. The predicted octanol–water partition coefficient (Wildman–Crippen LogP) is 0.630. The molecule has 0 bridgehead atoms. The molecule has 0 rings (SSSR count). The minimum absolute atomic E-state index is 0.326. The molecule has 0 spiro atoms. The first-order valence-electron chi connectivity index (χ1n) is 2.37. The molecular weight excluding hydrogens is 128 g/mol. The van der Waals surface area contributed by atoms with E-state index in [4.69, 9.17) is 17.3 Å². The highest BCUT2D eigenvalue weighted by molar-refractivity contribution is 6.21. The summed E-state index contributed by atoms with van der Waals surface area (Å²) in [6.07, 6.45) is 0.685. The van der Waals surface area contributed by atoms with Gasteiger partial charge in [0.05, 0.1) is 0 Å². The van der Waals surface area contributed by atoms with Gasteiger partial charge in [0.15, 0.2) is 0 Å². The molecule has 0 saturated heterocycles. The van der Waals surface area contributed by atoms with Crippen LogP contribution in [0.5, 0.6) is 0 Å². The number of alkyl halides is 1. The number of amides is 2. The van der Waals surface area contributed by atoms with Gasteiger partial charge in [-0.1, -0.05) is 18.5 Å². The van der Waals surface area contributed by atoms with Crippen LogP contribution in [0.1, 0.15) is 13.3 Å². The summed E-state index contributed by atoms with van der Waals surface area (Å²) in [7, 11) is 0. The minimum Gasteiger partial charge on any atom is -0.352 e. The molecule has 1 unspecified atom stereocenters. The van der Waals surface area contributed by atoms with Crippen LogP contribution >= 0.6 is 11.6 Å². The Morgan fingerprint density at radius 3 is 2.62 bits per heavy atom. The average molecular weight is 137 g/mol. The zero-order chi connectivity index (χ0) is 6.57. The van der Waals surface area contributed by atoms with Gasteiger partial charge in [0.25, 0.3) is 0 Å². The highest BCUT2D eigenvalue weighted by Gasteiger charge is 1.99. The average Bonchev–Trinajstić information content (AvgIpc) is 1.65. The number of nitrogens with two attached hydrogens (primary N) is 1.